The van der Waals surface area contributed by atoms with Crippen LogP contribution in [0.2, 0.25) is 0 Å². The van der Waals surface area contributed by atoms with Gasteiger partial charge >= 0.3 is 0 Å². The lowest BCUT2D eigenvalue weighted by molar-refractivity contribution is -0.910. The Kier molecular flexibility index (Phi) is 4.82. The van der Waals surface area contributed by atoms with Crippen LogP contribution in [0.5, 0.6) is 0 Å². The van der Waals surface area contributed by atoms with Gasteiger partial charge in [0.2, 0.25) is 0 Å². The van der Waals surface area contributed by atoms with Crippen LogP contribution in [-0.4, -0.2) is 36.4 Å². The Morgan fingerprint density at radius 2 is 1.32 bits per heavy atom. The maximum absolute atomic E-state index is 2.28. The van der Waals surface area contributed by atoms with Gasteiger partial charge in [0.05, 0.1) is 14.1 Å². The second kappa shape index (κ2) is 6.45. The summed E-state index contributed by atoms with van der Waals surface area (Å²) < 4.78 is 3.31. The minimum absolute atomic E-state index is 0. The van der Waals surface area contributed by atoms with Gasteiger partial charge in [0, 0.05) is 22.3 Å². The van der Waals surface area contributed by atoms with Crippen LogP contribution in [0.15, 0.2) is 48.5 Å². The number of hydrogen-bond acceptors (Lipinski definition) is 0. The van der Waals surface area contributed by atoms with Crippen molar-refractivity contribution in [3.63, 3.8) is 0 Å². The smallest absolute Gasteiger partial charge is 0.171 e. The van der Waals surface area contributed by atoms with Crippen molar-refractivity contribution < 1.29 is 9.06 Å². The van der Waals surface area contributed by atoms with E-state index in [1.165, 1.54) is 35.3 Å². The lowest BCUT2D eigenvalue weighted by Gasteiger charge is -2.22. The fourth-order valence-electron chi connectivity index (χ4n) is 3.20. The third-order valence-corrected chi connectivity index (χ3v) is 4.15. The van der Waals surface area contributed by atoms with Gasteiger partial charge in [-0.3, -0.25) is 0 Å². The third kappa shape index (κ3) is 3.63. The highest BCUT2D eigenvalue weighted by molar-refractivity contribution is 5.79. The fraction of sp³-hybridized carbons (Fsp3) is 0.350. The minimum atomic E-state index is 0. The number of rotatable bonds is 0. The molecule has 0 spiro atoms. The minimum Gasteiger partial charge on any atom is -0.321 e. The van der Waals surface area contributed by atoms with Crippen LogP contribution in [-0.2, 0) is 19.6 Å². The molecule has 0 bridgehead atoms. The lowest BCUT2D eigenvalue weighted by atomic mass is 10.1. The summed E-state index contributed by atoms with van der Waals surface area (Å²) in [6.45, 7) is 3.45. The molecule has 0 aliphatic carbocycles. The molecule has 22 heavy (non-hydrogen) atoms. The van der Waals surface area contributed by atoms with E-state index in [4.69, 9.17) is 0 Å². The Bertz CT molecular complexity index is 657. The molecule has 2 heterocycles. The average Bonchev–Trinajstić information content (AvgIpc) is 2.95. The highest BCUT2D eigenvalue weighted by Crippen LogP contribution is 2.25. The molecule has 0 N–H and O–H groups in total. The van der Waals surface area contributed by atoms with Crippen molar-refractivity contribution in [2.75, 3.05) is 21.1 Å². The first-order valence-corrected chi connectivity index (χ1v) is 7.55. The molecule has 2 aliphatic rings. The maximum Gasteiger partial charge on any atom is 0.171 e. The van der Waals surface area contributed by atoms with Gasteiger partial charge in [-0.2, -0.15) is 0 Å². The zero-order chi connectivity index (χ0) is 14.9. The van der Waals surface area contributed by atoms with Crippen molar-refractivity contribution in [1.29, 1.82) is 0 Å². The lowest BCUT2D eigenvalue weighted by Crippen LogP contribution is -2.32. The zero-order valence-electron chi connectivity index (χ0n) is 13.2. The van der Waals surface area contributed by atoms with E-state index in [1.807, 2.05) is 0 Å². The molecule has 2 aromatic rings. The van der Waals surface area contributed by atoms with Crippen molar-refractivity contribution >= 4 is 6.21 Å². The van der Waals surface area contributed by atoms with Gasteiger partial charge in [-0.15, -0.1) is 0 Å². The summed E-state index contributed by atoms with van der Waals surface area (Å²) >= 11 is 0. The molecule has 2 heteroatoms. The van der Waals surface area contributed by atoms with Crippen LogP contribution < -0.4 is 0 Å². The summed E-state index contributed by atoms with van der Waals surface area (Å²) in [7, 11) is 6.65. The molecule has 0 fully saturated rings. The van der Waals surface area contributed by atoms with E-state index >= 15 is 0 Å². The molecule has 0 radical (unpaired) electrons. The predicted octanol–water partition coefficient (Wildman–Crippen LogP) is 3.67. The van der Waals surface area contributed by atoms with Gasteiger partial charge in [0.25, 0.3) is 0 Å². The van der Waals surface area contributed by atoms with E-state index in [1.54, 1.807) is 0 Å². The van der Waals surface area contributed by atoms with Gasteiger partial charge < -0.3 is 4.48 Å². The quantitative estimate of drug-likeness (QED) is 0.515. The van der Waals surface area contributed by atoms with Crippen molar-refractivity contribution in [3.05, 3.63) is 70.8 Å². The maximum atomic E-state index is 2.28. The Morgan fingerprint density at radius 3 is 1.86 bits per heavy atom. The monoisotopic (exact) mass is 296 g/mol. The van der Waals surface area contributed by atoms with E-state index < -0.39 is 0 Å². The third-order valence-electron chi connectivity index (χ3n) is 4.15. The Balaban J connectivity index is 0.000000154. The standard InChI is InChI=1S/C10H14N.C9H10N.CH4/c1-11(2)7-9-5-3-4-6-10(9)8-11;1-10-6-8-4-2-3-5-9(8)7-10;/h3-6H,7-8H2,1-2H3;2-6H,7H2,1H3;1H4/q2*+1;. The van der Waals surface area contributed by atoms with Crippen LogP contribution in [0.3, 0.4) is 0 Å². The van der Waals surface area contributed by atoms with Gasteiger partial charge in [-0.1, -0.05) is 49.9 Å². The van der Waals surface area contributed by atoms with Gasteiger partial charge in [-0.25, -0.2) is 4.58 Å². The SMILES string of the molecule is C.C[N+]1(C)Cc2ccccc2C1.C[N+]1=Cc2ccccc2C1. The molecule has 0 atom stereocenters. The van der Waals surface area contributed by atoms with E-state index in [-0.39, 0.29) is 7.43 Å². The molecule has 2 aliphatic heterocycles. The largest absolute Gasteiger partial charge is 0.321 e. The summed E-state index contributed by atoms with van der Waals surface area (Å²) in [5.41, 5.74) is 5.85. The Morgan fingerprint density at radius 1 is 0.818 bits per heavy atom. The molecule has 0 unspecified atom stereocenters. The fourth-order valence-corrected chi connectivity index (χ4v) is 3.20. The van der Waals surface area contributed by atoms with Gasteiger partial charge in [-0.05, 0) is 6.07 Å². The molecule has 0 aromatic heterocycles. The normalized spacial score (nSPS) is 16.6. The molecule has 116 valence electrons. The molecular weight excluding hydrogens is 268 g/mol. The van der Waals surface area contributed by atoms with Crippen LogP contribution in [0.4, 0.5) is 0 Å². The van der Waals surface area contributed by atoms with E-state index in [2.05, 4.69) is 80.5 Å². The summed E-state index contributed by atoms with van der Waals surface area (Å²) in [5, 5.41) is 0. The second-order valence-electron chi connectivity index (χ2n) is 6.76. The Labute approximate surface area is 134 Å². The Hall–Kier alpha value is -1.93. The molecule has 2 aromatic carbocycles. The summed E-state index contributed by atoms with van der Waals surface area (Å²) in [6, 6.07) is 17.2. The number of fused-ring (bicyclic) bond motifs is 2. The first-order chi connectivity index (χ1) is 10.0. The average molecular weight is 296 g/mol. The van der Waals surface area contributed by atoms with Crippen molar-refractivity contribution in [3.8, 4) is 0 Å². The number of quaternary nitrogens is 1. The topological polar surface area (TPSA) is 3.01 Å². The molecule has 0 saturated heterocycles. The number of nitrogens with zero attached hydrogens (tertiary/aromatic N) is 2. The summed E-state index contributed by atoms with van der Waals surface area (Å²) in [5.74, 6) is 0. The summed E-state index contributed by atoms with van der Waals surface area (Å²) in [4.78, 5) is 0. The zero-order valence-corrected chi connectivity index (χ0v) is 13.2. The molecule has 4 rings (SSSR count). The number of hydrogen-bond donors (Lipinski definition) is 0. The first kappa shape index (κ1) is 16.4. The predicted molar refractivity (Wildman–Crippen MR) is 94.2 cm³/mol. The van der Waals surface area contributed by atoms with E-state index in [9.17, 15) is 0 Å². The highest BCUT2D eigenvalue weighted by atomic mass is 15.3. The van der Waals surface area contributed by atoms with Crippen molar-refractivity contribution in [2.45, 2.75) is 27.1 Å². The summed E-state index contributed by atoms with van der Waals surface area (Å²) in [6.07, 6.45) is 2.18. The van der Waals surface area contributed by atoms with Crippen LogP contribution in [0.25, 0.3) is 0 Å². The number of benzene rings is 2. The molecule has 0 amide bonds. The van der Waals surface area contributed by atoms with Crippen molar-refractivity contribution in [1.82, 2.24) is 0 Å². The van der Waals surface area contributed by atoms with Gasteiger partial charge in [0.15, 0.2) is 12.8 Å². The molecule has 2 nitrogen and oxygen atoms in total. The molecular formula is C20H28N2+2. The second-order valence-corrected chi connectivity index (χ2v) is 6.76. The van der Waals surface area contributed by atoms with Crippen molar-refractivity contribution in [2.24, 2.45) is 0 Å². The van der Waals surface area contributed by atoms with Crippen LogP contribution >= 0.6 is 0 Å². The highest BCUT2D eigenvalue weighted by Gasteiger charge is 2.26. The van der Waals surface area contributed by atoms with Gasteiger partial charge in [0.1, 0.15) is 20.1 Å². The van der Waals surface area contributed by atoms with Crippen LogP contribution in [0, 0.1) is 0 Å². The van der Waals surface area contributed by atoms with E-state index in [0.717, 1.165) is 11.0 Å². The van der Waals surface area contributed by atoms with E-state index in [0.29, 0.717) is 0 Å². The first-order valence-electron chi connectivity index (χ1n) is 7.55. The van der Waals surface area contributed by atoms with Crippen LogP contribution in [0.1, 0.15) is 29.7 Å². The molecule has 0 saturated carbocycles.